The van der Waals surface area contributed by atoms with E-state index >= 15 is 0 Å². The summed E-state index contributed by atoms with van der Waals surface area (Å²) >= 11 is 1.10. The van der Waals surface area contributed by atoms with Crippen LogP contribution in [-0.2, 0) is 0 Å². The number of benzene rings is 1. The van der Waals surface area contributed by atoms with Crippen molar-refractivity contribution in [2.75, 3.05) is 18.4 Å². The van der Waals surface area contributed by atoms with Crippen molar-refractivity contribution in [1.82, 2.24) is 15.3 Å². The molecule has 1 aliphatic rings. The molecule has 9 heteroatoms. The third-order valence-corrected chi connectivity index (χ3v) is 5.89. The van der Waals surface area contributed by atoms with E-state index in [2.05, 4.69) is 20.6 Å². The fourth-order valence-corrected chi connectivity index (χ4v) is 4.28. The van der Waals surface area contributed by atoms with Gasteiger partial charge in [0.15, 0.2) is 0 Å². The molecule has 1 saturated heterocycles. The Balaban J connectivity index is 1.70. The number of aromatic nitrogens is 2. The molecule has 0 saturated carbocycles. The fourth-order valence-electron chi connectivity index (χ4n) is 3.29. The van der Waals surface area contributed by atoms with Crippen molar-refractivity contribution in [2.45, 2.75) is 25.9 Å². The number of thiophene rings is 1. The number of hydrogen-bond donors (Lipinski definition) is 3. The number of rotatable bonds is 5. The van der Waals surface area contributed by atoms with E-state index in [9.17, 15) is 14.3 Å². The van der Waals surface area contributed by atoms with E-state index in [0.717, 1.165) is 37.3 Å². The van der Waals surface area contributed by atoms with Gasteiger partial charge in [0, 0.05) is 6.07 Å². The van der Waals surface area contributed by atoms with E-state index in [1.807, 2.05) is 0 Å². The molecule has 3 aromatic rings. The van der Waals surface area contributed by atoms with Crippen LogP contribution in [0.15, 0.2) is 24.5 Å². The van der Waals surface area contributed by atoms with E-state index in [0.29, 0.717) is 33.0 Å². The molecule has 0 unspecified atom stereocenters. The van der Waals surface area contributed by atoms with Gasteiger partial charge in [-0.05, 0) is 50.6 Å². The van der Waals surface area contributed by atoms with Crippen LogP contribution in [0.1, 0.15) is 28.1 Å². The van der Waals surface area contributed by atoms with E-state index in [1.54, 1.807) is 13.0 Å². The maximum Gasteiger partial charge on any atom is 0.346 e. The summed E-state index contributed by atoms with van der Waals surface area (Å²) in [6, 6.07) is 4.30. The molecule has 7 nitrogen and oxygen atoms in total. The standard InChI is InChI=1S/C19H19FN4O3S/c1-10-15-17(22-9-23-18(15)28-16(10)19(25)26)24-13-3-2-11(20)8-14(13)27-12-4-6-21-7-5-12/h2-3,8-9,12,21H,4-7H2,1H3,(H,25,26)(H,22,23,24). The largest absolute Gasteiger partial charge is 0.488 e. The molecular formula is C19H19FN4O3S. The predicted molar refractivity (Wildman–Crippen MR) is 105 cm³/mol. The number of nitrogens with zero attached hydrogens (tertiary/aromatic N) is 2. The van der Waals surface area contributed by atoms with Crippen LogP contribution < -0.4 is 15.4 Å². The van der Waals surface area contributed by atoms with Gasteiger partial charge < -0.3 is 20.5 Å². The second kappa shape index (κ2) is 7.69. The average Bonchev–Trinajstić information content (AvgIpc) is 3.03. The minimum atomic E-state index is -0.997. The minimum absolute atomic E-state index is 0.00974. The highest BCUT2D eigenvalue weighted by atomic mass is 32.1. The molecule has 0 spiro atoms. The Kier molecular flexibility index (Phi) is 5.10. The van der Waals surface area contributed by atoms with Gasteiger partial charge in [-0.15, -0.1) is 11.3 Å². The number of aromatic carboxylic acids is 1. The van der Waals surface area contributed by atoms with Crippen LogP contribution in [0.5, 0.6) is 5.75 Å². The topological polar surface area (TPSA) is 96.4 Å². The van der Waals surface area contributed by atoms with Crippen LogP contribution in [0.25, 0.3) is 10.2 Å². The number of aryl methyl sites for hydroxylation is 1. The Morgan fingerprint density at radius 1 is 1.36 bits per heavy atom. The molecule has 1 aliphatic heterocycles. The zero-order valence-electron chi connectivity index (χ0n) is 15.2. The van der Waals surface area contributed by atoms with Gasteiger partial charge in [0.05, 0.1) is 11.1 Å². The maximum absolute atomic E-state index is 13.8. The highest BCUT2D eigenvalue weighted by molar-refractivity contribution is 7.20. The summed E-state index contributed by atoms with van der Waals surface area (Å²) < 4.78 is 19.9. The number of halogens is 1. The van der Waals surface area contributed by atoms with Crippen LogP contribution in [0.4, 0.5) is 15.9 Å². The Labute approximate surface area is 164 Å². The Hall–Kier alpha value is -2.78. The average molecular weight is 402 g/mol. The van der Waals surface area contributed by atoms with Gasteiger partial charge in [-0.25, -0.2) is 19.2 Å². The van der Waals surface area contributed by atoms with E-state index < -0.39 is 5.97 Å². The molecule has 146 valence electrons. The lowest BCUT2D eigenvalue weighted by atomic mass is 10.1. The molecule has 0 bridgehead atoms. The van der Waals surface area contributed by atoms with Gasteiger partial charge >= 0.3 is 5.97 Å². The van der Waals surface area contributed by atoms with E-state index in [-0.39, 0.29) is 16.8 Å². The van der Waals surface area contributed by atoms with Gasteiger partial charge in [0.25, 0.3) is 0 Å². The van der Waals surface area contributed by atoms with Crippen LogP contribution >= 0.6 is 11.3 Å². The molecular weight excluding hydrogens is 383 g/mol. The SMILES string of the molecule is Cc1c(C(=O)O)sc2ncnc(Nc3ccc(F)cc3OC3CCNCC3)c12. The van der Waals surface area contributed by atoms with Gasteiger partial charge in [0.1, 0.15) is 39.5 Å². The van der Waals surface area contributed by atoms with Crippen molar-refractivity contribution >= 4 is 39.0 Å². The molecule has 4 rings (SSSR count). The molecule has 2 aromatic heterocycles. The molecule has 0 aliphatic carbocycles. The van der Waals surface area contributed by atoms with Gasteiger partial charge in [-0.2, -0.15) is 0 Å². The quantitative estimate of drug-likeness (QED) is 0.599. The predicted octanol–water partition coefficient (Wildman–Crippen LogP) is 3.71. The van der Waals surface area contributed by atoms with Gasteiger partial charge in [-0.1, -0.05) is 0 Å². The lowest BCUT2D eigenvalue weighted by Gasteiger charge is -2.25. The summed E-state index contributed by atoms with van der Waals surface area (Å²) in [6.45, 7) is 3.45. The summed E-state index contributed by atoms with van der Waals surface area (Å²) in [4.78, 5) is 20.7. The number of hydrogen-bond acceptors (Lipinski definition) is 7. The third-order valence-electron chi connectivity index (χ3n) is 4.70. The van der Waals surface area contributed by atoms with Crippen molar-refractivity contribution < 1.29 is 19.0 Å². The maximum atomic E-state index is 13.8. The first-order valence-corrected chi connectivity index (χ1v) is 9.76. The first-order valence-electron chi connectivity index (χ1n) is 8.94. The summed E-state index contributed by atoms with van der Waals surface area (Å²) in [5.41, 5.74) is 1.17. The molecule has 3 heterocycles. The minimum Gasteiger partial charge on any atom is -0.488 e. The third kappa shape index (κ3) is 3.63. The Morgan fingerprint density at radius 3 is 2.89 bits per heavy atom. The number of carboxylic acid groups (broad SMARTS) is 1. The molecule has 0 atom stereocenters. The number of carbonyl (C=O) groups is 1. The molecule has 3 N–H and O–H groups in total. The first-order chi connectivity index (χ1) is 13.5. The Morgan fingerprint density at radius 2 is 2.14 bits per heavy atom. The lowest BCUT2D eigenvalue weighted by molar-refractivity contribution is 0.0701. The highest BCUT2D eigenvalue weighted by Gasteiger charge is 2.21. The summed E-state index contributed by atoms with van der Waals surface area (Å²) in [5.74, 6) is -0.511. The molecule has 1 aromatic carbocycles. The Bertz CT molecular complexity index is 1030. The number of anilines is 2. The van der Waals surface area contributed by atoms with Crippen molar-refractivity contribution in [3.63, 3.8) is 0 Å². The van der Waals surface area contributed by atoms with Crippen molar-refractivity contribution in [2.24, 2.45) is 0 Å². The van der Waals surface area contributed by atoms with E-state index in [4.69, 9.17) is 4.74 Å². The van der Waals surface area contributed by atoms with Crippen LogP contribution in [-0.4, -0.2) is 40.2 Å². The van der Waals surface area contributed by atoms with Gasteiger partial charge in [0.2, 0.25) is 0 Å². The van der Waals surface area contributed by atoms with Crippen LogP contribution in [0.3, 0.4) is 0 Å². The number of ether oxygens (including phenoxy) is 1. The number of fused-ring (bicyclic) bond motifs is 1. The zero-order chi connectivity index (χ0) is 19.7. The van der Waals surface area contributed by atoms with Crippen LogP contribution in [0, 0.1) is 12.7 Å². The monoisotopic (exact) mass is 402 g/mol. The fraction of sp³-hybridized carbons (Fsp3) is 0.316. The van der Waals surface area contributed by atoms with Gasteiger partial charge in [-0.3, -0.25) is 0 Å². The highest BCUT2D eigenvalue weighted by Crippen LogP contribution is 2.36. The van der Waals surface area contributed by atoms with E-state index in [1.165, 1.54) is 18.5 Å². The number of nitrogens with one attached hydrogen (secondary N) is 2. The van der Waals surface area contributed by atoms with Crippen LogP contribution in [0.2, 0.25) is 0 Å². The lowest BCUT2D eigenvalue weighted by Crippen LogP contribution is -2.34. The molecule has 28 heavy (non-hydrogen) atoms. The molecule has 0 amide bonds. The smallest absolute Gasteiger partial charge is 0.346 e. The zero-order valence-corrected chi connectivity index (χ0v) is 16.0. The van der Waals surface area contributed by atoms with Crippen molar-refractivity contribution in [1.29, 1.82) is 0 Å². The molecule has 0 radical (unpaired) electrons. The second-order valence-corrected chi connectivity index (χ2v) is 7.60. The molecule has 1 fully saturated rings. The second-order valence-electron chi connectivity index (χ2n) is 6.60. The number of piperidine rings is 1. The summed E-state index contributed by atoms with van der Waals surface area (Å²) in [5, 5.41) is 16.5. The summed E-state index contributed by atoms with van der Waals surface area (Å²) in [7, 11) is 0. The van der Waals surface area contributed by atoms with Crippen molar-refractivity contribution in [3.8, 4) is 5.75 Å². The first kappa shape index (κ1) is 18.6. The summed E-state index contributed by atoms with van der Waals surface area (Å²) in [6.07, 6.45) is 3.08. The normalized spacial score (nSPS) is 14.9. The van der Waals surface area contributed by atoms with Crippen molar-refractivity contribution in [3.05, 3.63) is 40.8 Å². The number of carboxylic acids is 1.